The van der Waals surface area contributed by atoms with Crippen LogP contribution in [0.4, 0.5) is 13.2 Å². The fraction of sp³-hybridized carbons (Fsp3) is 0.286. The molecular weight excluding hydrogens is 353 g/mol. The number of halogens is 4. The maximum absolute atomic E-state index is 12.5. The number of nitrogens with zero attached hydrogens (tertiary/aromatic N) is 1. The Morgan fingerprint density at radius 1 is 1.30 bits per heavy atom. The van der Waals surface area contributed by atoms with Crippen LogP contribution in [0, 0.1) is 0 Å². The topological polar surface area (TPSA) is 76.2 Å². The predicted molar refractivity (Wildman–Crippen MR) is 83.7 cm³/mol. The average Bonchev–Trinajstić information content (AvgIpc) is 2.88. The molecule has 0 saturated heterocycles. The zero-order valence-corrected chi connectivity index (χ0v) is 13.6. The van der Waals surface area contributed by atoms with Crippen LogP contribution in [-0.2, 0) is 17.4 Å². The number of carbonyl (C=O) groups is 1. The molecule has 0 saturated carbocycles. The number of carboxylic acids is 1. The molecule has 2 aromatic rings. The summed E-state index contributed by atoms with van der Waals surface area (Å²) in [6.07, 6.45) is -4.34. The van der Waals surface area contributed by atoms with E-state index in [0.29, 0.717) is 11.1 Å². The minimum Gasteiger partial charge on any atom is -0.480 e. The van der Waals surface area contributed by atoms with Gasteiger partial charge in [0.25, 0.3) is 0 Å². The minimum absolute atomic E-state index is 0. The molecule has 0 fully saturated rings. The van der Waals surface area contributed by atoms with E-state index in [4.69, 9.17) is 10.8 Å². The molecule has 1 aromatic heterocycles. The number of thiazole rings is 1. The summed E-state index contributed by atoms with van der Waals surface area (Å²) in [6, 6.07) is 6.48. The number of nitrogens with two attached hydrogens (primary N) is 1. The zero-order valence-electron chi connectivity index (χ0n) is 11.9. The molecule has 0 bridgehead atoms. The van der Waals surface area contributed by atoms with Gasteiger partial charge in [0, 0.05) is 17.4 Å². The monoisotopic (exact) mass is 366 g/mol. The Labute approximate surface area is 140 Å². The predicted octanol–water partition coefficient (Wildman–Crippen LogP) is 3.60. The highest BCUT2D eigenvalue weighted by atomic mass is 35.5. The van der Waals surface area contributed by atoms with Gasteiger partial charge in [-0.25, -0.2) is 4.98 Å². The van der Waals surface area contributed by atoms with Crippen molar-refractivity contribution in [2.45, 2.75) is 25.1 Å². The maximum Gasteiger partial charge on any atom is 0.434 e. The Hall–Kier alpha value is -1.64. The highest BCUT2D eigenvalue weighted by Crippen LogP contribution is 2.33. The van der Waals surface area contributed by atoms with Gasteiger partial charge in [-0.3, -0.25) is 4.79 Å². The molecule has 23 heavy (non-hydrogen) atoms. The Balaban J connectivity index is 0.00000264. The molecule has 0 unspecified atom stereocenters. The van der Waals surface area contributed by atoms with E-state index in [1.165, 1.54) is 6.92 Å². The number of hydrogen-bond acceptors (Lipinski definition) is 4. The van der Waals surface area contributed by atoms with Gasteiger partial charge in [-0.1, -0.05) is 24.3 Å². The normalized spacial score (nSPS) is 14.0. The number of aromatic nitrogens is 1. The summed E-state index contributed by atoms with van der Waals surface area (Å²) in [5.74, 6) is -1.12. The molecule has 1 aromatic carbocycles. The van der Waals surface area contributed by atoms with Crippen LogP contribution in [-0.4, -0.2) is 21.6 Å². The molecule has 2 rings (SSSR count). The van der Waals surface area contributed by atoms with Gasteiger partial charge >= 0.3 is 12.1 Å². The minimum atomic E-state index is -4.46. The number of rotatable bonds is 4. The standard InChI is InChI=1S/C14H13F3N2O2S.ClH/c1-13(18,12(20)21)6-8-2-4-9(5-3-8)11-19-10(7-22-11)14(15,16)17;/h2-5,7H,6,18H2,1H3,(H,20,21);1H/t13-;/m1./s1. The van der Waals surface area contributed by atoms with Crippen molar-refractivity contribution in [3.05, 3.63) is 40.9 Å². The number of aliphatic carboxylic acids is 1. The smallest absolute Gasteiger partial charge is 0.434 e. The Bertz CT molecular complexity index is 684. The number of alkyl halides is 3. The number of benzene rings is 1. The van der Waals surface area contributed by atoms with Crippen molar-refractivity contribution in [1.29, 1.82) is 0 Å². The maximum atomic E-state index is 12.5. The quantitative estimate of drug-likeness (QED) is 0.866. The van der Waals surface area contributed by atoms with E-state index in [2.05, 4.69) is 4.98 Å². The molecule has 0 radical (unpaired) electrons. The number of hydrogen-bond donors (Lipinski definition) is 2. The Morgan fingerprint density at radius 2 is 1.87 bits per heavy atom. The Kier molecular flexibility index (Phi) is 5.79. The molecule has 0 amide bonds. The molecule has 4 nitrogen and oxygen atoms in total. The molecule has 0 spiro atoms. The first-order chi connectivity index (χ1) is 10.1. The van der Waals surface area contributed by atoms with E-state index in [1.807, 2.05) is 0 Å². The molecule has 0 aliphatic heterocycles. The van der Waals surface area contributed by atoms with Gasteiger partial charge in [0.2, 0.25) is 0 Å². The van der Waals surface area contributed by atoms with Gasteiger partial charge in [0.1, 0.15) is 10.5 Å². The third-order valence-corrected chi connectivity index (χ3v) is 3.95. The van der Waals surface area contributed by atoms with Gasteiger partial charge in [0.15, 0.2) is 5.69 Å². The van der Waals surface area contributed by atoms with Crippen LogP contribution >= 0.6 is 23.7 Å². The fourth-order valence-electron chi connectivity index (χ4n) is 1.80. The molecule has 1 atom stereocenters. The van der Waals surface area contributed by atoms with Crippen molar-refractivity contribution in [2.24, 2.45) is 5.73 Å². The van der Waals surface area contributed by atoms with Gasteiger partial charge in [0.05, 0.1) is 0 Å². The lowest BCUT2D eigenvalue weighted by molar-refractivity contribution is -0.142. The molecule has 3 N–H and O–H groups in total. The highest BCUT2D eigenvalue weighted by molar-refractivity contribution is 7.13. The first-order valence-corrected chi connectivity index (χ1v) is 7.12. The van der Waals surface area contributed by atoms with Gasteiger partial charge in [-0.2, -0.15) is 13.2 Å². The van der Waals surface area contributed by atoms with Gasteiger partial charge in [-0.15, -0.1) is 23.7 Å². The van der Waals surface area contributed by atoms with Crippen molar-refractivity contribution >= 4 is 29.7 Å². The first-order valence-electron chi connectivity index (χ1n) is 6.24. The van der Waals surface area contributed by atoms with Crippen LogP contribution in [0.2, 0.25) is 0 Å². The Morgan fingerprint density at radius 3 is 2.30 bits per heavy atom. The lowest BCUT2D eigenvalue weighted by Gasteiger charge is -2.19. The van der Waals surface area contributed by atoms with Gasteiger partial charge in [-0.05, 0) is 12.5 Å². The zero-order chi connectivity index (χ0) is 16.5. The first kappa shape index (κ1) is 19.4. The summed E-state index contributed by atoms with van der Waals surface area (Å²) in [5.41, 5.74) is 4.57. The second-order valence-electron chi connectivity index (χ2n) is 5.13. The van der Waals surface area contributed by atoms with Crippen LogP contribution in [0.3, 0.4) is 0 Å². The molecule has 126 valence electrons. The highest BCUT2D eigenvalue weighted by Gasteiger charge is 2.33. The summed E-state index contributed by atoms with van der Waals surface area (Å²) in [4.78, 5) is 14.5. The van der Waals surface area contributed by atoms with Crippen LogP contribution in [0.5, 0.6) is 0 Å². The van der Waals surface area contributed by atoms with Gasteiger partial charge < -0.3 is 10.8 Å². The average molecular weight is 367 g/mol. The van der Waals surface area contributed by atoms with Crippen molar-refractivity contribution in [3.63, 3.8) is 0 Å². The molecule has 0 aliphatic carbocycles. The van der Waals surface area contributed by atoms with Crippen molar-refractivity contribution < 1.29 is 23.1 Å². The van der Waals surface area contributed by atoms with E-state index >= 15 is 0 Å². The molecular formula is C14H14ClF3N2O2S. The van der Waals surface area contributed by atoms with Crippen LogP contribution in [0.15, 0.2) is 29.6 Å². The number of carboxylic acid groups (broad SMARTS) is 1. The SMILES string of the molecule is C[C@@](N)(Cc1ccc(-c2nc(C(F)(F)F)cs2)cc1)C(=O)O.Cl. The third kappa shape index (κ3) is 4.66. The largest absolute Gasteiger partial charge is 0.480 e. The van der Waals surface area contributed by atoms with Crippen molar-refractivity contribution in [1.82, 2.24) is 4.98 Å². The van der Waals surface area contributed by atoms with E-state index < -0.39 is 23.4 Å². The lowest BCUT2D eigenvalue weighted by Crippen LogP contribution is -2.46. The van der Waals surface area contributed by atoms with Crippen molar-refractivity contribution in [3.8, 4) is 10.6 Å². The lowest BCUT2D eigenvalue weighted by atomic mass is 9.94. The summed E-state index contributed by atoms with van der Waals surface area (Å²) < 4.78 is 37.6. The van der Waals surface area contributed by atoms with Crippen LogP contribution in [0.1, 0.15) is 18.2 Å². The van der Waals surface area contributed by atoms with Crippen molar-refractivity contribution in [2.75, 3.05) is 0 Å². The molecule has 9 heteroatoms. The van der Waals surface area contributed by atoms with E-state index in [0.717, 1.165) is 16.7 Å². The van der Waals surface area contributed by atoms with E-state index in [-0.39, 0.29) is 23.8 Å². The summed E-state index contributed by atoms with van der Waals surface area (Å²) >= 11 is 0.903. The summed E-state index contributed by atoms with van der Waals surface area (Å²) in [5, 5.41) is 10.2. The second-order valence-corrected chi connectivity index (χ2v) is 5.99. The summed E-state index contributed by atoms with van der Waals surface area (Å²) in [6.45, 7) is 1.40. The van der Waals surface area contributed by atoms with E-state index in [1.54, 1.807) is 24.3 Å². The van der Waals surface area contributed by atoms with E-state index in [9.17, 15) is 18.0 Å². The van der Waals surface area contributed by atoms with Crippen LogP contribution in [0.25, 0.3) is 10.6 Å². The second kappa shape index (κ2) is 6.86. The summed E-state index contributed by atoms with van der Waals surface area (Å²) in [7, 11) is 0. The fourth-order valence-corrected chi connectivity index (χ4v) is 2.63. The van der Waals surface area contributed by atoms with Crippen LogP contribution < -0.4 is 5.73 Å². The third-order valence-electron chi connectivity index (χ3n) is 3.06. The molecule has 0 aliphatic rings. The molecule has 1 heterocycles.